The minimum atomic E-state index is -0.886. The molecule has 0 spiro atoms. The Morgan fingerprint density at radius 3 is 2.33 bits per heavy atom. The average molecular weight is 292 g/mol. The van der Waals surface area contributed by atoms with Gasteiger partial charge in [0, 0.05) is 39.3 Å². The van der Waals surface area contributed by atoms with Gasteiger partial charge >= 0.3 is 5.97 Å². The maximum absolute atomic E-state index is 11.8. The molecule has 116 valence electrons. The third-order valence-electron chi connectivity index (χ3n) is 4.17. The molecule has 5 heteroatoms. The normalized spacial score (nSPS) is 19.0. The third-order valence-corrected chi connectivity index (χ3v) is 4.17. The molecule has 1 aromatic rings. The van der Waals surface area contributed by atoms with Crippen LogP contribution in [0.15, 0.2) is 24.3 Å². The van der Waals surface area contributed by atoms with E-state index in [1.54, 1.807) is 6.92 Å². The molecule has 0 aromatic heterocycles. The second-order valence-corrected chi connectivity index (χ2v) is 5.92. The lowest BCUT2D eigenvalue weighted by atomic mass is 9.90. The molecule has 2 rings (SSSR count). The van der Waals surface area contributed by atoms with Crippen LogP contribution in [0.3, 0.4) is 0 Å². The highest BCUT2D eigenvalue weighted by atomic mass is 16.5. The highest BCUT2D eigenvalue weighted by molar-refractivity contribution is 5.78. The second kappa shape index (κ2) is 6.45. The van der Waals surface area contributed by atoms with Gasteiger partial charge in [0.25, 0.3) is 0 Å². The zero-order chi connectivity index (χ0) is 15.5. The highest BCUT2D eigenvalue weighted by Gasteiger charge is 2.40. The summed E-state index contributed by atoms with van der Waals surface area (Å²) >= 11 is 0. The molecule has 1 aliphatic heterocycles. The first-order valence-corrected chi connectivity index (χ1v) is 7.26. The Bertz CT molecular complexity index is 481. The Kier molecular flexibility index (Phi) is 4.85. The number of rotatable bonds is 5. The van der Waals surface area contributed by atoms with Gasteiger partial charge in [0.05, 0.1) is 13.2 Å². The molecule has 1 unspecified atom stereocenters. The van der Waals surface area contributed by atoms with Crippen molar-refractivity contribution in [3.05, 3.63) is 29.8 Å². The maximum Gasteiger partial charge on any atom is 0.324 e. The minimum Gasteiger partial charge on any atom is -0.480 e. The van der Waals surface area contributed by atoms with Crippen LogP contribution >= 0.6 is 0 Å². The minimum absolute atomic E-state index is 0.496. The van der Waals surface area contributed by atoms with E-state index < -0.39 is 11.5 Å². The summed E-state index contributed by atoms with van der Waals surface area (Å²) in [7, 11) is 3.98. The van der Waals surface area contributed by atoms with E-state index in [9.17, 15) is 9.90 Å². The largest absolute Gasteiger partial charge is 0.480 e. The van der Waals surface area contributed by atoms with Gasteiger partial charge in [-0.25, -0.2) is 0 Å². The number of carboxylic acids is 1. The van der Waals surface area contributed by atoms with Crippen molar-refractivity contribution in [1.82, 2.24) is 4.90 Å². The van der Waals surface area contributed by atoms with Crippen LogP contribution in [0.2, 0.25) is 0 Å². The van der Waals surface area contributed by atoms with Crippen LogP contribution in [0, 0.1) is 0 Å². The molecular weight excluding hydrogens is 268 g/mol. The topological polar surface area (TPSA) is 53.0 Å². The van der Waals surface area contributed by atoms with E-state index >= 15 is 0 Å². The fourth-order valence-corrected chi connectivity index (χ4v) is 2.69. The first kappa shape index (κ1) is 15.8. The Morgan fingerprint density at radius 2 is 1.86 bits per heavy atom. The molecule has 21 heavy (non-hydrogen) atoms. The molecule has 0 aliphatic carbocycles. The van der Waals surface area contributed by atoms with Gasteiger partial charge in [-0.3, -0.25) is 9.69 Å². The number of hydrogen-bond donors (Lipinski definition) is 1. The third kappa shape index (κ3) is 3.54. The summed E-state index contributed by atoms with van der Waals surface area (Å²) in [6.07, 6.45) is 0.496. The van der Waals surface area contributed by atoms with Gasteiger partial charge in [-0.15, -0.1) is 0 Å². The molecule has 0 amide bonds. The van der Waals surface area contributed by atoms with Crippen molar-refractivity contribution in [3.63, 3.8) is 0 Å². The average Bonchev–Trinajstić information content (AvgIpc) is 2.48. The Hall–Kier alpha value is -1.59. The zero-order valence-electron chi connectivity index (χ0n) is 13.0. The van der Waals surface area contributed by atoms with Gasteiger partial charge < -0.3 is 14.7 Å². The van der Waals surface area contributed by atoms with Crippen molar-refractivity contribution in [1.29, 1.82) is 0 Å². The first-order valence-electron chi connectivity index (χ1n) is 7.26. The van der Waals surface area contributed by atoms with Crippen LogP contribution in [0.25, 0.3) is 0 Å². The van der Waals surface area contributed by atoms with Crippen molar-refractivity contribution in [3.8, 4) is 0 Å². The standard InChI is InChI=1S/C16H24N2O3/c1-16(15(19)20,18-8-10-21-11-9-18)12-13-4-6-14(7-5-13)17(2)3/h4-7H,8-12H2,1-3H3,(H,19,20). The molecule has 0 saturated carbocycles. The summed E-state index contributed by atoms with van der Waals surface area (Å²) in [5, 5.41) is 9.70. The zero-order valence-corrected chi connectivity index (χ0v) is 13.0. The van der Waals surface area contributed by atoms with Crippen LogP contribution in [-0.4, -0.2) is 61.9 Å². The molecular formula is C16H24N2O3. The number of hydrogen-bond acceptors (Lipinski definition) is 4. The smallest absolute Gasteiger partial charge is 0.324 e. The van der Waals surface area contributed by atoms with E-state index in [0.717, 1.165) is 11.3 Å². The lowest BCUT2D eigenvalue weighted by Gasteiger charge is -2.40. The molecule has 1 heterocycles. The highest BCUT2D eigenvalue weighted by Crippen LogP contribution is 2.24. The van der Waals surface area contributed by atoms with Crippen molar-refractivity contribution in [2.24, 2.45) is 0 Å². The molecule has 5 nitrogen and oxygen atoms in total. The summed E-state index contributed by atoms with van der Waals surface area (Å²) in [6, 6.07) is 8.07. The van der Waals surface area contributed by atoms with Gasteiger partial charge in [0.15, 0.2) is 0 Å². The van der Waals surface area contributed by atoms with Crippen LogP contribution in [0.4, 0.5) is 5.69 Å². The Morgan fingerprint density at radius 1 is 1.29 bits per heavy atom. The van der Waals surface area contributed by atoms with Gasteiger partial charge in [-0.1, -0.05) is 12.1 Å². The summed E-state index contributed by atoms with van der Waals surface area (Å²) in [5.41, 5.74) is 1.27. The number of carbonyl (C=O) groups is 1. The van der Waals surface area contributed by atoms with Crippen molar-refractivity contribution >= 4 is 11.7 Å². The Balaban J connectivity index is 2.17. The molecule has 1 atom stereocenters. The number of anilines is 1. The number of aliphatic carboxylic acids is 1. The lowest BCUT2D eigenvalue weighted by Crippen LogP contribution is -2.57. The molecule has 1 N–H and O–H groups in total. The number of morpholine rings is 1. The predicted molar refractivity (Wildman–Crippen MR) is 82.9 cm³/mol. The fourth-order valence-electron chi connectivity index (χ4n) is 2.69. The predicted octanol–water partition coefficient (Wildman–Crippen LogP) is 1.47. The van der Waals surface area contributed by atoms with Crippen molar-refractivity contribution < 1.29 is 14.6 Å². The molecule has 1 aromatic carbocycles. The molecule has 0 radical (unpaired) electrons. The number of nitrogens with zero attached hydrogens (tertiary/aromatic N) is 2. The van der Waals surface area contributed by atoms with Crippen LogP contribution in [-0.2, 0) is 16.0 Å². The van der Waals surface area contributed by atoms with E-state index in [-0.39, 0.29) is 0 Å². The van der Waals surface area contributed by atoms with Gasteiger partial charge in [-0.2, -0.15) is 0 Å². The molecule has 0 bridgehead atoms. The number of ether oxygens (including phenoxy) is 1. The Labute approximate surface area is 126 Å². The summed E-state index contributed by atoms with van der Waals surface area (Å²) < 4.78 is 5.33. The molecule has 1 fully saturated rings. The van der Waals surface area contributed by atoms with Crippen LogP contribution in [0.5, 0.6) is 0 Å². The van der Waals surface area contributed by atoms with E-state index in [0.29, 0.717) is 32.7 Å². The summed E-state index contributed by atoms with van der Waals surface area (Å²) in [4.78, 5) is 15.9. The summed E-state index contributed by atoms with van der Waals surface area (Å²) in [6.45, 7) is 4.34. The monoisotopic (exact) mass is 292 g/mol. The van der Waals surface area contributed by atoms with E-state index in [2.05, 4.69) is 0 Å². The molecule has 1 aliphatic rings. The number of benzene rings is 1. The molecule has 1 saturated heterocycles. The van der Waals surface area contributed by atoms with Gasteiger partial charge in [0.1, 0.15) is 5.54 Å². The van der Waals surface area contributed by atoms with E-state index in [4.69, 9.17) is 4.74 Å². The van der Waals surface area contributed by atoms with Crippen molar-refractivity contribution in [2.45, 2.75) is 18.9 Å². The lowest BCUT2D eigenvalue weighted by molar-refractivity contribution is -0.153. The first-order chi connectivity index (χ1) is 9.93. The maximum atomic E-state index is 11.8. The van der Waals surface area contributed by atoms with Gasteiger partial charge in [-0.05, 0) is 24.6 Å². The van der Waals surface area contributed by atoms with Crippen molar-refractivity contribution in [2.75, 3.05) is 45.3 Å². The fraction of sp³-hybridized carbons (Fsp3) is 0.562. The second-order valence-electron chi connectivity index (χ2n) is 5.92. The number of carboxylic acid groups (broad SMARTS) is 1. The van der Waals surface area contributed by atoms with E-state index in [1.165, 1.54) is 0 Å². The quantitative estimate of drug-likeness (QED) is 0.890. The van der Waals surface area contributed by atoms with Gasteiger partial charge in [0.2, 0.25) is 0 Å². The SMILES string of the molecule is CN(C)c1ccc(CC(C)(C(=O)O)N2CCOCC2)cc1. The van der Waals surface area contributed by atoms with Crippen LogP contribution in [0.1, 0.15) is 12.5 Å². The van der Waals surface area contributed by atoms with E-state index in [1.807, 2.05) is 48.2 Å². The summed E-state index contributed by atoms with van der Waals surface area (Å²) in [5.74, 6) is -0.777. The van der Waals surface area contributed by atoms with Crippen LogP contribution < -0.4 is 4.90 Å².